The first-order valence-electron chi connectivity index (χ1n) is 9.07. The van der Waals surface area contributed by atoms with Gasteiger partial charge in [0.25, 0.3) is 5.91 Å². The van der Waals surface area contributed by atoms with E-state index in [1.54, 1.807) is 23.0 Å². The Balaban J connectivity index is 1.57. The average molecular weight is 407 g/mol. The number of carbonyl (C=O) groups is 1. The van der Waals surface area contributed by atoms with Crippen molar-refractivity contribution in [3.05, 3.63) is 88.6 Å². The smallest absolute Gasteiger partial charge is 0.275 e. The summed E-state index contributed by atoms with van der Waals surface area (Å²) in [6.45, 7) is 4.45. The highest BCUT2D eigenvalue weighted by Gasteiger charge is 2.16. The van der Waals surface area contributed by atoms with Gasteiger partial charge in [0, 0.05) is 23.8 Å². The van der Waals surface area contributed by atoms with E-state index in [2.05, 4.69) is 20.5 Å². The number of amides is 1. The number of aromatic nitrogens is 5. The van der Waals surface area contributed by atoms with Gasteiger partial charge in [0.1, 0.15) is 5.69 Å². The lowest BCUT2D eigenvalue weighted by atomic mass is 10.2. The number of nitrogens with zero attached hydrogens (tertiary/aromatic N) is 5. The van der Waals surface area contributed by atoms with Crippen LogP contribution in [0.5, 0.6) is 0 Å². The Kier molecular flexibility index (Phi) is 5.14. The molecule has 0 fully saturated rings. The fourth-order valence-electron chi connectivity index (χ4n) is 3.09. The topological polar surface area (TPSA) is 77.6 Å². The van der Waals surface area contributed by atoms with Crippen LogP contribution >= 0.6 is 11.6 Å². The van der Waals surface area contributed by atoms with Crippen molar-refractivity contribution in [2.45, 2.75) is 20.4 Å². The molecule has 0 bridgehead atoms. The third kappa shape index (κ3) is 4.20. The summed E-state index contributed by atoms with van der Waals surface area (Å²) in [6.07, 6.45) is 3.62. The molecule has 146 valence electrons. The number of halogens is 1. The molecule has 0 saturated heterocycles. The normalized spacial score (nSPS) is 10.9. The Bertz CT molecular complexity index is 1170. The molecule has 8 heteroatoms. The van der Waals surface area contributed by atoms with Gasteiger partial charge in [0.2, 0.25) is 0 Å². The first-order chi connectivity index (χ1) is 14.0. The number of carbonyl (C=O) groups excluding carboxylic acids is 1. The van der Waals surface area contributed by atoms with Crippen LogP contribution < -0.4 is 5.32 Å². The number of pyridine rings is 1. The number of anilines is 1. The highest BCUT2D eigenvalue weighted by molar-refractivity contribution is 6.34. The summed E-state index contributed by atoms with van der Waals surface area (Å²) in [5.41, 5.74) is 3.62. The molecule has 0 atom stereocenters. The van der Waals surface area contributed by atoms with E-state index in [-0.39, 0.29) is 16.6 Å². The van der Waals surface area contributed by atoms with Gasteiger partial charge < -0.3 is 5.32 Å². The van der Waals surface area contributed by atoms with Gasteiger partial charge in [-0.15, -0.1) is 0 Å². The minimum Gasteiger partial charge on any atom is -0.321 e. The summed E-state index contributed by atoms with van der Waals surface area (Å²) in [7, 11) is 0. The molecule has 0 aliphatic heterocycles. The van der Waals surface area contributed by atoms with Crippen molar-refractivity contribution in [3.8, 4) is 5.82 Å². The van der Waals surface area contributed by atoms with Gasteiger partial charge in [0.05, 0.1) is 17.3 Å². The zero-order valence-electron chi connectivity index (χ0n) is 16.0. The molecule has 0 radical (unpaired) electrons. The van der Waals surface area contributed by atoms with Crippen molar-refractivity contribution in [3.63, 3.8) is 0 Å². The minimum absolute atomic E-state index is 0.147. The van der Waals surface area contributed by atoms with Crippen LogP contribution in [-0.2, 0) is 6.54 Å². The second-order valence-corrected chi connectivity index (χ2v) is 7.10. The monoisotopic (exact) mass is 406 g/mol. The first kappa shape index (κ1) is 18.9. The predicted octanol–water partition coefficient (Wildman–Crippen LogP) is 4.03. The average Bonchev–Trinajstić information content (AvgIpc) is 3.31. The molecule has 1 amide bonds. The number of aryl methyl sites for hydroxylation is 2. The van der Waals surface area contributed by atoms with E-state index in [0.29, 0.717) is 18.1 Å². The van der Waals surface area contributed by atoms with Gasteiger partial charge in [0.15, 0.2) is 5.82 Å². The summed E-state index contributed by atoms with van der Waals surface area (Å²) in [5.74, 6) is 0.159. The van der Waals surface area contributed by atoms with Gasteiger partial charge in [-0.25, -0.2) is 9.67 Å². The van der Waals surface area contributed by atoms with Crippen LogP contribution in [-0.4, -0.2) is 30.5 Å². The minimum atomic E-state index is -0.380. The standard InChI is InChI=1S/C21H19ClN6O/c1-14-11-15(2)28(26-14)19-8-7-18(22)20(25-19)21(29)24-17-6-3-5-16(12-17)13-27-10-4-9-23-27/h3-12H,13H2,1-2H3,(H,24,29). The quantitative estimate of drug-likeness (QED) is 0.542. The molecule has 3 aromatic heterocycles. The number of rotatable bonds is 5. The van der Waals surface area contributed by atoms with Gasteiger partial charge in [-0.05, 0) is 55.8 Å². The summed E-state index contributed by atoms with van der Waals surface area (Å²) in [4.78, 5) is 17.3. The second kappa shape index (κ2) is 7.89. The maximum absolute atomic E-state index is 12.8. The highest BCUT2D eigenvalue weighted by atomic mass is 35.5. The van der Waals surface area contributed by atoms with E-state index in [4.69, 9.17) is 11.6 Å². The van der Waals surface area contributed by atoms with E-state index < -0.39 is 0 Å². The van der Waals surface area contributed by atoms with Crippen molar-refractivity contribution >= 4 is 23.2 Å². The lowest BCUT2D eigenvalue weighted by Gasteiger charge is -2.10. The Morgan fingerprint density at radius 2 is 2.00 bits per heavy atom. The molecule has 7 nitrogen and oxygen atoms in total. The Morgan fingerprint density at radius 1 is 1.14 bits per heavy atom. The largest absolute Gasteiger partial charge is 0.321 e. The predicted molar refractivity (Wildman–Crippen MR) is 112 cm³/mol. The molecule has 0 aliphatic rings. The zero-order chi connectivity index (χ0) is 20.4. The molecule has 0 spiro atoms. The molecular formula is C21H19ClN6O. The molecule has 4 aromatic rings. The molecule has 29 heavy (non-hydrogen) atoms. The van der Waals surface area contributed by atoms with Crippen molar-refractivity contribution in [2.24, 2.45) is 0 Å². The third-order valence-corrected chi connectivity index (χ3v) is 4.67. The van der Waals surface area contributed by atoms with E-state index in [9.17, 15) is 4.79 Å². The maximum Gasteiger partial charge on any atom is 0.275 e. The molecule has 0 aliphatic carbocycles. The SMILES string of the molecule is Cc1cc(C)n(-c2ccc(Cl)c(C(=O)Nc3cccc(Cn4cccn4)c3)n2)n1. The molecule has 4 rings (SSSR count). The molecule has 1 aromatic carbocycles. The fourth-order valence-corrected chi connectivity index (χ4v) is 3.28. The van der Waals surface area contributed by atoms with Crippen LogP contribution in [0.25, 0.3) is 5.82 Å². The molecular weight excluding hydrogens is 388 g/mol. The Morgan fingerprint density at radius 3 is 2.72 bits per heavy atom. The van der Waals surface area contributed by atoms with Crippen LogP contribution in [0.4, 0.5) is 5.69 Å². The van der Waals surface area contributed by atoms with E-state index >= 15 is 0 Å². The zero-order valence-corrected chi connectivity index (χ0v) is 16.8. The summed E-state index contributed by atoms with van der Waals surface area (Å²) < 4.78 is 3.50. The van der Waals surface area contributed by atoms with Crippen LogP contribution in [0.15, 0.2) is 60.9 Å². The summed E-state index contributed by atoms with van der Waals surface area (Å²) in [5, 5.41) is 11.8. The van der Waals surface area contributed by atoms with Crippen molar-refractivity contribution in [1.82, 2.24) is 24.5 Å². The Hall–Kier alpha value is -3.45. The highest BCUT2D eigenvalue weighted by Crippen LogP contribution is 2.20. The number of benzene rings is 1. The molecule has 1 N–H and O–H groups in total. The molecule has 3 heterocycles. The summed E-state index contributed by atoms with van der Waals surface area (Å²) in [6, 6.07) is 14.8. The fraction of sp³-hybridized carbons (Fsp3) is 0.143. The maximum atomic E-state index is 12.8. The lowest BCUT2D eigenvalue weighted by molar-refractivity contribution is 0.102. The van der Waals surface area contributed by atoms with E-state index in [1.165, 1.54) is 0 Å². The van der Waals surface area contributed by atoms with Crippen molar-refractivity contribution in [2.75, 3.05) is 5.32 Å². The van der Waals surface area contributed by atoms with Gasteiger partial charge in [-0.3, -0.25) is 9.48 Å². The van der Waals surface area contributed by atoms with Crippen LogP contribution in [0.1, 0.15) is 27.4 Å². The summed E-state index contributed by atoms with van der Waals surface area (Å²) >= 11 is 6.25. The van der Waals surface area contributed by atoms with E-state index in [0.717, 1.165) is 17.0 Å². The van der Waals surface area contributed by atoms with Crippen molar-refractivity contribution < 1.29 is 4.79 Å². The van der Waals surface area contributed by atoms with Crippen LogP contribution in [0.2, 0.25) is 5.02 Å². The molecule has 0 saturated carbocycles. The number of nitrogens with one attached hydrogen (secondary N) is 1. The number of hydrogen-bond donors (Lipinski definition) is 1. The second-order valence-electron chi connectivity index (χ2n) is 6.70. The van der Waals surface area contributed by atoms with Crippen LogP contribution in [0.3, 0.4) is 0 Å². The number of hydrogen-bond acceptors (Lipinski definition) is 4. The van der Waals surface area contributed by atoms with Gasteiger partial charge in [-0.2, -0.15) is 10.2 Å². The van der Waals surface area contributed by atoms with E-state index in [1.807, 2.05) is 61.1 Å². The molecule has 0 unspecified atom stereocenters. The van der Waals surface area contributed by atoms with Gasteiger partial charge >= 0.3 is 0 Å². The van der Waals surface area contributed by atoms with Crippen LogP contribution in [0, 0.1) is 13.8 Å². The van der Waals surface area contributed by atoms with Gasteiger partial charge in [-0.1, -0.05) is 23.7 Å². The third-order valence-electron chi connectivity index (χ3n) is 4.36. The first-order valence-corrected chi connectivity index (χ1v) is 9.45. The van der Waals surface area contributed by atoms with Crippen molar-refractivity contribution in [1.29, 1.82) is 0 Å². The Labute approximate surface area is 173 Å². The lowest BCUT2D eigenvalue weighted by Crippen LogP contribution is -2.16.